The second-order valence-corrected chi connectivity index (χ2v) is 5.98. The lowest BCUT2D eigenvalue weighted by Crippen LogP contribution is -2.28. The van der Waals surface area contributed by atoms with Crippen molar-refractivity contribution < 1.29 is 4.79 Å². The molecule has 24 heavy (non-hydrogen) atoms. The topological polar surface area (TPSA) is 62.0 Å². The van der Waals surface area contributed by atoms with Crippen molar-refractivity contribution in [1.29, 1.82) is 0 Å². The highest BCUT2D eigenvalue weighted by atomic mass is 16.1. The highest BCUT2D eigenvalue weighted by molar-refractivity contribution is 5.80. The lowest BCUT2D eigenvalue weighted by atomic mass is 10.1. The van der Waals surface area contributed by atoms with Crippen molar-refractivity contribution in [2.24, 2.45) is 0 Å². The number of rotatable bonds is 5. The molecule has 0 fully saturated rings. The number of hydrogen-bond donors (Lipinski definition) is 2. The summed E-state index contributed by atoms with van der Waals surface area (Å²) in [7, 11) is 0. The Kier molecular flexibility index (Phi) is 4.75. The molecule has 0 aliphatic carbocycles. The summed E-state index contributed by atoms with van der Waals surface area (Å²) < 4.78 is 0. The van der Waals surface area contributed by atoms with Gasteiger partial charge in [0.25, 0.3) is 5.56 Å². The highest BCUT2D eigenvalue weighted by Crippen LogP contribution is 2.13. The maximum atomic E-state index is 12.1. The van der Waals surface area contributed by atoms with Crippen molar-refractivity contribution in [3.8, 4) is 0 Å². The molecule has 1 amide bonds. The van der Waals surface area contributed by atoms with Crippen molar-refractivity contribution >= 4 is 16.8 Å². The van der Waals surface area contributed by atoms with Gasteiger partial charge in [0.05, 0.1) is 6.42 Å². The third kappa shape index (κ3) is 3.90. The zero-order chi connectivity index (χ0) is 16.9. The van der Waals surface area contributed by atoms with Crippen LogP contribution < -0.4 is 10.9 Å². The molecule has 0 saturated carbocycles. The van der Waals surface area contributed by atoms with Crippen LogP contribution in [-0.2, 0) is 17.6 Å². The third-order valence-corrected chi connectivity index (χ3v) is 4.00. The number of H-pyrrole nitrogens is 1. The minimum absolute atomic E-state index is 0.0333. The van der Waals surface area contributed by atoms with E-state index in [0.29, 0.717) is 24.9 Å². The number of fused-ring (bicyclic) bond motifs is 1. The van der Waals surface area contributed by atoms with Crippen molar-refractivity contribution in [3.05, 3.63) is 81.6 Å². The van der Waals surface area contributed by atoms with Crippen LogP contribution in [0.5, 0.6) is 0 Å². The van der Waals surface area contributed by atoms with E-state index in [4.69, 9.17) is 0 Å². The number of hydrogen-bond acceptors (Lipinski definition) is 2. The Morgan fingerprint density at radius 2 is 1.88 bits per heavy atom. The number of aryl methyl sites for hydroxylation is 1. The maximum Gasteiger partial charge on any atom is 0.251 e. The van der Waals surface area contributed by atoms with Crippen LogP contribution in [-0.4, -0.2) is 17.4 Å². The van der Waals surface area contributed by atoms with E-state index in [2.05, 4.69) is 10.3 Å². The summed E-state index contributed by atoms with van der Waals surface area (Å²) in [5.41, 5.74) is 3.53. The summed E-state index contributed by atoms with van der Waals surface area (Å²) in [5, 5.41) is 3.88. The molecule has 0 bridgehead atoms. The van der Waals surface area contributed by atoms with Crippen molar-refractivity contribution in [3.63, 3.8) is 0 Å². The van der Waals surface area contributed by atoms with Crippen LogP contribution in [0.4, 0.5) is 0 Å². The second kappa shape index (κ2) is 7.13. The molecule has 0 aliphatic heterocycles. The summed E-state index contributed by atoms with van der Waals surface area (Å²) in [5.74, 6) is -0.0333. The zero-order valence-corrected chi connectivity index (χ0v) is 13.6. The van der Waals surface area contributed by atoms with E-state index >= 15 is 0 Å². The molecular weight excluding hydrogens is 300 g/mol. The van der Waals surface area contributed by atoms with Crippen LogP contribution in [0, 0.1) is 6.92 Å². The zero-order valence-electron chi connectivity index (χ0n) is 13.6. The molecule has 3 rings (SSSR count). The van der Waals surface area contributed by atoms with Gasteiger partial charge in [-0.2, -0.15) is 0 Å². The Morgan fingerprint density at radius 1 is 1.08 bits per heavy atom. The monoisotopic (exact) mass is 320 g/mol. The lowest BCUT2D eigenvalue weighted by molar-refractivity contribution is -0.120. The van der Waals surface area contributed by atoms with E-state index < -0.39 is 0 Å². The molecule has 0 saturated heterocycles. The average Bonchev–Trinajstić information content (AvgIpc) is 2.56. The highest BCUT2D eigenvalue weighted by Gasteiger charge is 2.06. The van der Waals surface area contributed by atoms with Crippen LogP contribution in [0.25, 0.3) is 10.9 Å². The first-order chi connectivity index (χ1) is 11.6. The summed E-state index contributed by atoms with van der Waals surface area (Å²) in [4.78, 5) is 27.0. The minimum atomic E-state index is -0.0922. The number of nitrogens with one attached hydrogen (secondary N) is 2. The van der Waals surface area contributed by atoms with Crippen LogP contribution >= 0.6 is 0 Å². The molecule has 2 aromatic carbocycles. The van der Waals surface area contributed by atoms with Gasteiger partial charge in [0.2, 0.25) is 5.91 Å². The molecule has 0 aliphatic rings. The molecule has 0 spiro atoms. The molecular formula is C20H20N2O2. The largest absolute Gasteiger partial charge is 0.355 e. The van der Waals surface area contributed by atoms with Gasteiger partial charge in [-0.25, -0.2) is 0 Å². The van der Waals surface area contributed by atoms with Crippen molar-refractivity contribution in [2.45, 2.75) is 19.8 Å². The number of amides is 1. The first-order valence-electron chi connectivity index (χ1n) is 8.05. The fourth-order valence-corrected chi connectivity index (χ4v) is 2.73. The fourth-order valence-electron chi connectivity index (χ4n) is 2.73. The van der Waals surface area contributed by atoms with Crippen LogP contribution in [0.1, 0.15) is 16.7 Å². The predicted molar refractivity (Wildman–Crippen MR) is 96.2 cm³/mol. The molecule has 0 radical (unpaired) electrons. The molecule has 0 unspecified atom stereocenters. The smallest absolute Gasteiger partial charge is 0.251 e. The molecule has 3 aromatic rings. The number of aromatic nitrogens is 1. The van der Waals surface area contributed by atoms with E-state index in [1.807, 2.05) is 61.5 Å². The Morgan fingerprint density at radius 3 is 2.67 bits per heavy atom. The van der Waals surface area contributed by atoms with Gasteiger partial charge in [-0.1, -0.05) is 42.5 Å². The number of aromatic amines is 1. The van der Waals surface area contributed by atoms with E-state index in [1.54, 1.807) is 0 Å². The van der Waals surface area contributed by atoms with Gasteiger partial charge in [-0.15, -0.1) is 0 Å². The van der Waals surface area contributed by atoms with Gasteiger partial charge in [-0.05, 0) is 42.0 Å². The molecule has 2 N–H and O–H groups in total. The molecule has 0 atom stereocenters. The van der Waals surface area contributed by atoms with E-state index in [-0.39, 0.29) is 11.5 Å². The van der Waals surface area contributed by atoms with Crippen LogP contribution in [0.3, 0.4) is 0 Å². The summed E-state index contributed by atoms with van der Waals surface area (Å²) in [6.45, 7) is 2.44. The van der Waals surface area contributed by atoms with Gasteiger partial charge in [0.15, 0.2) is 0 Å². The normalized spacial score (nSPS) is 10.7. The molecule has 1 heterocycles. The van der Waals surface area contributed by atoms with E-state index in [0.717, 1.165) is 22.0 Å². The number of pyridine rings is 1. The first kappa shape index (κ1) is 16.0. The average molecular weight is 320 g/mol. The quantitative estimate of drug-likeness (QED) is 0.759. The van der Waals surface area contributed by atoms with Gasteiger partial charge < -0.3 is 10.3 Å². The van der Waals surface area contributed by atoms with E-state index in [9.17, 15) is 9.59 Å². The third-order valence-electron chi connectivity index (χ3n) is 4.00. The van der Waals surface area contributed by atoms with Crippen molar-refractivity contribution in [2.75, 3.05) is 6.54 Å². The van der Waals surface area contributed by atoms with Gasteiger partial charge in [0.1, 0.15) is 0 Å². The fraction of sp³-hybridized carbons (Fsp3) is 0.200. The number of benzene rings is 2. The molecule has 4 heteroatoms. The van der Waals surface area contributed by atoms with E-state index in [1.165, 1.54) is 0 Å². The predicted octanol–water partition coefficient (Wildman–Crippen LogP) is 2.74. The SMILES string of the molecule is Cc1ccc2cc(CCNC(=O)Cc3ccccc3)c(=O)[nH]c2c1. The molecule has 4 nitrogen and oxygen atoms in total. The summed E-state index contributed by atoms with van der Waals surface area (Å²) in [6.07, 6.45) is 0.869. The number of carbonyl (C=O) groups excluding carboxylic acids is 1. The van der Waals surface area contributed by atoms with Crippen LogP contribution in [0.15, 0.2) is 59.4 Å². The van der Waals surface area contributed by atoms with Crippen LogP contribution in [0.2, 0.25) is 0 Å². The Labute approximate surface area is 140 Å². The summed E-state index contributed by atoms with van der Waals surface area (Å²) >= 11 is 0. The van der Waals surface area contributed by atoms with Gasteiger partial charge >= 0.3 is 0 Å². The molecule has 122 valence electrons. The summed E-state index contributed by atoms with van der Waals surface area (Å²) in [6, 6.07) is 17.5. The Balaban J connectivity index is 1.61. The Hall–Kier alpha value is -2.88. The standard InChI is InChI=1S/C20H20N2O2/c1-14-7-8-16-13-17(20(24)22-18(16)11-14)9-10-21-19(23)12-15-5-3-2-4-6-15/h2-8,11,13H,9-10,12H2,1H3,(H,21,23)(H,22,24). The Bertz CT molecular complexity index is 914. The first-order valence-corrected chi connectivity index (χ1v) is 8.05. The van der Waals surface area contributed by atoms with Crippen molar-refractivity contribution in [1.82, 2.24) is 10.3 Å². The van der Waals surface area contributed by atoms with Gasteiger partial charge in [-0.3, -0.25) is 9.59 Å². The maximum absolute atomic E-state index is 12.1. The lowest BCUT2D eigenvalue weighted by Gasteiger charge is -2.07. The van der Waals surface area contributed by atoms with Gasteiger partial charge in [0, 0.05) is 17.6 Å². The number of carbonyl (C=O) groups is 1. The minimum Gasteiger partial charge on any atom is -0.355 e. The second-order valence-electron chi connectivity index (χ2n) is 5.98. The molecule has 1 aromatic heterocycles.